The standard InChI is InChI=1S/2C24H36FN7O.BrH/c2*1-31-14-12-19(13-15-31)32(2)24-29-22(26-17-8-6-4-5-7-9-17)28-23(30-24)27-18-10-11-21(33-3)20(25)16-18;/h2*10-11,16-17,19H,4-9,12-15H2,1-3H3,(H2,26,27,28,29,30);1H/p+1. The molecule has 4 heterocycles. The number of rotatable bonds is 14. The molecule has 19 heteroatoms. The summed E-state index contributed by atoms with van der Waals surface area (Å²) in [5.74, 6) is 2.80. The Morgan fingerprint density at radius 1 is 0.507 bits per heavy atom. The molecule has 16 nitrogen and oxygen atoms in total. The van der Waals surface area contributed by atoms with Gasteiger partial charge in [-0.15, -0.1) is 0 Å². The van der Waals surface area contributed by atoms with E-state index in [-0.39, 0.29) is 28.5 Å². The van der Waals surface area contributed by atoms with Crippen molar-refractivity contribution in [3.05, 3.63) is 48.0 Å². The van der Waals surface area contributed by atoms with E-state index in [1.165, 1.54) is 77.7 Å². The first-order chi connectivity index (χ1) is 32.0. The van der Waals surface area contributed by atoms with E-state index in [0.29, 0.717) is 71.2 Å². The van der Waals surface area contributed by atoms with Gasteiger partial charge in [0.2, 0.25) is 35.7 Å². The minimum absolute atomic E-state index is 0. The number of benzene rings is 2. The van der Waals surface area contributed by atoms with Crippen molar-refractivity contribution in [1.82, 2.24) is 29.9 Å². The number of likely N-dealkylation sites (tertiary alicyclic amines) is 2. The average Bonchev–Trinajstić information content (AvgIpc) is 3.74. The average molecular weight is 997 g/mol. The predicted molar refractivity (Wildman–Crippen MR) is 258 cm³/mol. The van der Waals surface area contributed by atoms with Gasteiger partial charge in [0.05, 0.1) is 54.5 Å². The highest BCUT2D eigenvalue weighted by Crippen LogP contribution is 2.28. The molecular weight excluding hydrogens is 923 g/mol. The van der Waals surface area contributed by atoms with E-state index in [1.54, 1.807) is 34.1 Å². The molecule has 2 aromatic carbocycles. The van der Waals surface area contributed by atoms with E-state index in [0.717, 1.165) is 77.5 Å². The van der Waals surface area contributed by atoms with Crippen molar-refractivity contribution < 1.29 is 45.0 Å². The second kappa shape index (κ2) is 25.5. The molecule has 6 N–H and O–H groups in total. The first-order valence-corrected chi connectivity index (χ1v) is 24.4. The van der Waals surface area contributed by atoms with Crippen LogP contribution in [0, 0.1) is 11.6 Å². The Morgan fingerprint density at radius 3 is 1.18 bits per heavy atom. The number of halogens is 3. The van der Waals surface area contributed by atoms with Gasteiger partial charge in [0.15, 0.2) is 23.1 Å². The molecule has 8 rings (SSSR count). The smallest absolute Gasteiger partial charge is 0.233 e. The van der Waals surface area contributed by atoms with Gasteiger partial charge in [-0.1, -0.05) is 51.4 Å². The third-order valence-electron chi connectivity index (χ3n) is 13.8. The van der Waals surface area contributed by atoms with Crippen LogP contribution >= 0.6 is 0 Å². The van der Waals surface area contributed by atoms with Gasteiger partial charge < -0.3 is 67.3 Å². The summed E-state index contributed by atoms with van der Waals surface area (Å²) in [7, 11) is 11.5. The second-order valence-electron chi connectivity index (χ2n) is 18.8. The molecule has 4 aliphatic rings. The minimum atomic E-state index is -0.431. The molecule has 0 spiro atoms. The Labute approximate surface area is 406 Å². The van der Waals surface area contributed by atoms with Crippen LogP contribution in [-0.4, -0.2) is 123 Å². The molecule has 0 unspecified atom stereocenters. The number of hydrogen-bond acceptors (Lipinski definition) is 14. The van der Waals surface area contributed by atoms with Gasteiger partial charge in [-0.05, 0) is 49.9 Å². The van der Waals surface area contributed by atoms with Crippen LogP contribution < -0.4 is 67.3 Å². The predicted octanol–water partition coefficient (Wildman–Crippen LogP) is 3.03. The van der Waals surface area contributed by atoms with Crippen molar-refractivity contribution in [3.8, 4) is 11.5 Å². The largest absolute Gasteiger partial charge is 1.00 e. The molecule has 4 aromatic rings. The van der Waals surface area contributed by atoms with Crippen molar-refractivity contribution in [2.24, 2.45) is 0 Å². The zero-order valence-electron chi connectivity index (χ0n) is 40.4. The quantitative estimate of drug-likeness (QED) is 0.103. The Hall–Kier alpha value is -4.88. The number of nitrogens with one attached hydrogen (secondary N) is 6. The van der Waals surface area contributed by atoms with Gasteiger partial charge in [-0.2, -0.15) is 29.9 Å². The number of ether oxygens (including phenoxy) is 2. The summed E-state index contributed by atoms with van der Waals surface area (Å²) in [6.07, 6.45) is 19.0. The Bertz CT molecular complexity index is 1980. The molecule has 368 valence electrons. The molecule has 2 saturated heterocycles. The topological polar surface area (TPSA) is 159 Å². The minimum Gasteiger partial charge on any atom is -1.00 e. The molecule has 0 bridgehead atoms. The van der Waals surface area contributed by atoms with Crippen LogP contribution in [0.3, 0.4) is 0 Å². The van der Waals surface area contributed by atoms with Crippen molar-refractivity contribution in [2.45, 2.75) is 127 Å². The van der Waals surface area contributed by atoms with E-state index in [9.17, 15) is 8.78 Å². The van der Waals surface area contributed by atoms with Crippen molar-refractivity contribution in [2.75, 3.05) is 99.7 Å². The maximum Gasteiger partial charge on any atom is 0.233 e. The van der Waals surface area contributed by atoms with Gasteiger partial charge in [0.25, 0.3) is 0 Å². The third-order valence-corrected chi connectivity index (χ3v) is 13.8. The van der Waals surface area contributed by atoms with Crippen molar-refractivity contribution in [3.63, 3.8) is 0 Å². The number of quaternary nitrogens is 2. The number of hydrogen-bond donors (Lipinski definition) is 6. The number of anilines is 8. The maximum atomic E-state index is 14.2. The highest BCUT2D eigenvalue weighted by molar-refractivity contribution is 5.59. The van der Waals surface area contributed by atoms with Crippen molar-refractivity contribution in [1.29, 1.82) is 0 Å². The third kappa shape index (κ3) is 15.1. The summed E-state index contributed by atoms with van der Waals surface area (Å²) in [5, 5.41) is 13.4. The number of aromatic nitrogens is 6. The lowest BCUT2D eigenvalue weighted by Crippen LogP contribution is -3.10. The molecule has 2 aliphatic heterocycles. The van der Waals surface area contributed by atoms with E-state index < -0.39 is 11.6 Å². The van der Waals surface area contributed by atoms with Crippen LogP contribution in [0.5, 0.6) is 11.5 Å². The van der Waals surface area contributed by atoms with Crippen molar-refractivity contribution >= 4 is 47.1 Å². The maximum absolute atomic E-state index is 14.2. The molecule has 0 radical (unpaired) electrons. The first-order valence-electron chi connectivity index (χ1n) is 24.4. The highest BCUT2D eigenvalue weighted by Gasteiger charge is 2.28. The molecule has 0 atom stereocenters. The molecule has 2 aromatic heterocycles. The second-order valence-corrected chi connectivity index (χ2v) is 18.8. The number of piperidine rings is 2. The lowest BCUT2D eigenvalue weighted by Gasteiger charge is -2.33. The SMILES string of the molecule is COc1ccc(Nc2nc(NC3CCCCCC3)nc(N(C)C3CC[NH+](C)CC3)n2)cc1F.COc1ccc(Nc2nc(NC3CCCCCC3)nc(N(C)C3CC[NH+](C)CC3)n2)cc1F.[Br-]. The summed E-state index contributed by atoms with van der Waals surface area (Å²) < 4.78 is 38.5. The molecular formula is C48H74BrF2N14O2+. The molecule has 0 amide bonds. The monoisotopic (exact) mass is 996 g/mol. The Balaban J connectivity index is 0.000000218. The summed E-state index contributed by atoms with van der Waals surface area (Å²) >= 11 is 0. The first kappa shape index (κ1) is 51.5. The highest BCUT2D eigenvalue weighted by atomic mass is 79.9. The van der Waals surface area contributed by atoms with E-state index in [2.05, 4.69) is 69.2 Å². The van der Waals surface area contributed by atoms with Gasteiger partial charge in [-0.3, -0.25) is 0 Å². The molecule has 2 saturated carbocycles. The Kier molecular flexibility index (Phi) is 19.6. The summed E-state index contributed by atoms with van der Waals surface area (Å²) in [5.41, 5.74) is 1.13. The van der Waals surface area contributed by atoms with Gasteiger partial charge in [-0.25, -0.2) is 8.78 Å². The number of methoxy groups -OCH3 is 2. The lowest BCUT2D eigenvalue weighted by atomic mass is 10.0. The number of nitrogens with zero attached hydrogens (tertiary/aromatic N) is 8. The normalized spacial score (nSPS) is 21.5. The van der Waals surface area contributed by atoms with Gasteiger partial charge in [0, 0.05) is 87.5 Å². The van der Waals surface area contributed by atoms with Crippen LogP contribution in [0.25, 0.3) is 0 Å². The van der Waals surface area contributed by atoms with Crippen LogP contribution in [-0.2, 0) is 0 Å². The van der Waals surface area contributed by atoms with Crippen LogP contribution in [0.1, 0.15) is 103 Å². The van der Waals surface area contributed by atoms with Crippen LogP contribution in [0.2, 0.25) is 0 Å². The van der Waals surface area contributed by atoms with Gasteiger partial charge in [0.1, 0.15) is 0 Å². The van der Waals surface area contributed by atoms with E-state index >= 15 is 0 Å². The zero-order chi connectivity index (χ0) is 46.4. The summed E-state index contributed by atoms with van der Waals surface area (Å²) in [6, 6.07) is 11.0. The van der Waals surface area contributed by atoms with E-state index in [4.69, 9.17) is 29.4 Å². The van der Waals surface area contributed by atoms with Crippen LogP contribution in [0.15, 0.2) is 36.4 Å². The molecule has 4 fully saturated rings. The summed E-state index contributed by atoms with van der Waals surface area (Å²) in [6.45, 7) is 4.57. The molecule has 2 aliphatic carbocycles. The zero-order valence-corrected chi connectivity index (χ0v) is 42.0. The van der Waals surface area contributed by atoms with E-state index in [1.807, 2.05) is 0 Å². The van der Waals surface area contributed by atoms with Crippen LogP contribution in [0.4, 0.5) is 55.8 Å². The van der Waals surface area contributed by atoms with Gasteiger partial charge >= 0.3 is 0 Å². The fraction of sp³-hybridized carbons (Fsp3) is 0.625. The summed E-state index contributed by atoms with van der Waals surface area (Å²) in [4.78, 5) is 35.7. The fourth-order valence-corrected chi connectivity index (χ4v) is 9.54. The Morgan fingerprint density at radius 2 is 0.851 bits per heavy atom. The molecule has 67 heavy (non-hydrogen) atoms. The fourth-order valence-electron chi connectivity index (χ4n) is 9.54. The lowest BCUT2D eigenvalue weighted by molar-refractivity contribution is -0.884.